The molecular formula is C13H21N3OS. The Balaban J connectivity index is 3.15. The van der Waals surface area contributed by atoms with Gasteiger partial charge in [0, 0.05) is 30.1 Å². The first-order valence-corrected chi connectivity index (χ1v) is 7.21. The highest BCUT2D eigenvalue weighted by Gasteiger charge is 2.15. The number of rotatable bonds is 5. The number of benzene rings is 1. The normalized spacial score (nSPS) is 13.4. The number of oxime groups is 1. The molecule has 0 spiro atoms. The van der Waals surface area contributed by atoms with Crippen LogP contribution in [0.25, 0.3) is 0 Å². The number of nitrogens with zero attached hydrogens (tertiary/aromatic N) is 2. The van der Waals surface area contributed by atoms with E-state index in [4.69, 9.17) is 10.9 Å². The van der Waals surface area contributed by atoms with Crippen LogP contribution in [0.5, 0.6) is 0 Å². The second-order valence-electron chi connectivity index (χ2n) is 4.42. The number of anilines is 1. The van der Waals surface area contributed by atoms with E-state index in [1.165, 1.54) is 0 Å². The molecular weight excluding hydrogens is 246 g/mol. The van der Waals surface area contributed by atoms with Gasteiger partial charge in [0.2, 0.25) is 0 Å². The van der Waals surface area contributed by atoms with E-state index in [0.717, 1.165) is 22.6 Å². The molecule has 1 atom stereocenters. The first-order chi connectivity index (χ1) is 8.51. The third-order valence-corrected chi connectivity index (χ3v) is 3.80. The second-order valence-corrected chi connectivity index (χ2v) is 5.33. The van der Waals surface area contributed by atoms with Crippen LogP contribution in [-0.4, -0.2) is 36.1 Å². The predicted molar refractivity (Wildman–Crippen MR) is 79.9 cm³/mol. The summed E-state index contributed by atoms with van der Waals surface area (Å²) in [6.45, 7) is 4.15. The molecule has 0 fully saturated rings. The molecule has 4 nitrogen and oxygen atoms in total. The van der Waals surface area contributed by atoms with Crippen molar-refractivity contribution < 1.29 is 5.21 Å². The number of nitrogens with two attached hydrogens (primary N) is 1. The van der Waals surface area contributed by atoms with Gasteiger partial charge < -0.3 is 15.8 Å². The minimum absolute atomic E-state index is 0.150. The Morgan fingerprint density at radius 3 is 2.78 bits per heavy atom. The van der Waals surface area contributed by atoms with Gasteiger partial charge in [-0.15, -0.1) is 0 Å². The zero-order valence-corrected chi connectivity index (χ0v) is 12.2. The lowest BCUT2D eigenvalue weighted by Gasteiger charge is -2.28. The zero-order chi connectivity index (χ0) is 13.7. The Hall–Kier alpha value is -1.36. The summed E-state index contributed by atoms with van der Waals surface area (Å²) in [7, 11) is 2.03. The van der Waals surface area contributed by atoms with Gasteiger partial charge in [-0.3, -0.25) is 0 Å². The molecule has 18 heavy (non-hydrogen) atoms. The van der Waals surface area contributed by atoms with Gasteiger partial charge in [0.05, 0.1) is 0 Å². The van der Waals surface area contributed by atoms with Gasteiger partial charge in [-0.05, 0) is 32.2 Å². The van der Waals surface area contributed by atoms with Gasteiger partial charge in [-0.25, -0.2) is 0 Å². The van der Waals surface area contributed by atoms with Crippen molar-refractivity contribution in [2.75, 3.05) is 24.0 Å². The highest BCUT2D eigenvalue weighted by Crippen LogP contribution is 2.23. The molecule has 0 saturated heterocycles. The first kappa shape index (κ1) is 14.7. The number of hydrogen-bond acceptors (Lipinski definition) is 4. The highest BCUT2D eigenvalue weighted by molar-refractivity contribution is 7.98. The van der Waals surface area contributed by atoms with Crippen LogP contribution >= 0.6 is 11.8 Å². The number of amidine groups is 1. The molecule has 1 unspecified atom stereocenters. The Morgan fingerprint density at radius 1 is 1.56 bits per heavy atom. The smallest absolute Gasteiger partial charge is 0.172 e. The minimum atomic E-state index is 0.150. The van der Waals surface area contributed by atoms with Crippen molar-refractivity contribution in [3.05, 3.63) is 29.3 Å². The largest absolute Gasteiger partial charge is 0.409 e. The standard InChI is InChI=1S/C13H21N3OS/c1-9-5-6-12(11(7-9)13(14)15-17)16(3)10(2)8-18-4/h5-7,10,17H,8H2,1-4H3,(H2,14,15). The summed E-state index contributed by atoms with van der Waals surface area (Å²) in [5.41, 5.74) is 8.59. The van der Waals surface area contributed by atoms with Crippen molar-refractivity contribution in [2.24, 2.45) is 10.9 Å². The molecule has 0 aliphatic rings. The predicted octanol–water partition coefficient (Wildman–Crippen LogP) is 2.28. The maximum Gasteiger partial charge on any atom is 0.172 e. The van der Waals surface area contributed by atoms with Gasteiger partial charge in [0.25, 0.3) is 0 Å². The van der Waals surface area contributed by atoms with E-state index in [2.05, 4.69) is 23.2 Å². The average Bonchev–Trinajstić information content (AvgIpc) is 2.37. The first-order valence-electron chi connectivity index (χ1n) is 5.81. The Kier molecular flexibility index (Phi) is 5.34. The fourth-order valence-corrected chi connectivity index (χ4v) is 2.51. The average molecular weight is 267 g/mol. The molecule has 3 N–H and O–H groups in total. The van der Waals surface area contributed by atoms with E-state index in [1.54, 1.807) is 11.8 Å². The van der Waals surface area contributed by atoms with Crippen molar-refractivity contribution in [2.45, 2.75) is 19.9 Å². The van der Waals surface area contributed by atoms with Crippen molar-refractivity contribution in [1.82, 2.24) is 0 Å². The molecule has 5 heteroatoms. The Labute approximate surface area is 113 Å². The van der Waals surface area contributed by atoms with Gasteiger partial charge in [0.15, 0.2) is 5.84 Å². The summed E-state index contributed by atoms with van der Waals surface area (Å²) in [5, 5.41) is 12.0. The topological polar surface area (TPSA) is 61.8 Å². The van der Waals surface area contributed by atoms with Crippen molar-refractivity contribution in [3.8, 4) is 0 Å². The van der Waals surface area contributed by atoms with Crippen LogP contribution in [0.1, 0.15) is 18.1 Å². The fourth-order valence-electron chi connectivity index (χ4n) is 1.81. The quantitative estimate of drug-likeness (QED) is 0.372. The summed E-state index contributed by atoms with van der Waals surface area (Å²) >= 11 is 1.80. The number of hydrogen-bond donors (Lipinski definition) is 2. The lowest BCUT2D eigenvalue weighted by atomic mass is 10.1. The van der Waals surface area contributed by atoms with E-state index in [9.17, 15) is 0 Å². The Morgan fingerprint density at radius 2 is 2.22 bits per heavy atom. The van der Waals surface area contributed by atoms with Gasteiger partial charge in [-0.1, -0.05) is 16.8 Å². The Bertz CT molecular complexity index is 434. The molecule has 0 amide bonds. The lowest BCUT2D eigenvalue weighted by molar-refractivity contribution is 0.318. The van der Waals surface area contributed by atoms with Gasteiger partial charge in [0.1, 0.15) is 0 Å². The van der Waals surface area contributed by atoms with E-state index in [-0.39, 0.29) is 5.84 Å². The molecule has 0 aliphatic heterocycles. The zero-order valence-electron chi connectivity index (χ0n) is 11.3. The summed E-state index contributed by atoms with van der Waals surface area (Å²) in [6.07, 6.45) is 2.09. The number of thioether (sulfide) groups is 1. The van der Waals surface area contributed by atoms with Gasteiger partial charge >= 0.3 is 0 Å². The molecule has 0 heterocycles. The van der Waals surface area contributed by atoms with Crippen LogP contribution in [0.15, 0.2) is 23.4 Å². The van der Waals surface area contributed by atoms with Crippen LogP contribution in [0.4, 0.5) is 5.69 Å². The monoisotopic (exact) mass is 267 g/mol. The van der Waals surface area contributed by atoms with Crippen LogP contribution in [0, 0.1) is 6.92 Å². The van der Waals surface area contributed by atoms with Crippen molar-refractivity contribution >= 4 is 23.3 Å². The maximum absolute atomic E-state index is 8.87. The minimum Gasteiger partial charge on any atom is -0.409 e. The van der Waals surface area contributed by atoms with E-state index in [1.807, 2.05) is 32.2 Å². The molecule has 1 aromatic rings. The molecule has 0 aromatic heterocycles. The van der Waals surface area contributed by atoms with Gasteiger partial charge in [-0.2, -0.15) is 11.8 Å². The molecule has 0 radical (unpaired) electrons. The molecule has 0 aliphatic carbocycles. The molecule has 1 rings (SSSR count). The molecule has 100 valence electrons. The fraction of sp³-hybridized carbons (Fsp3) is 0.462. The van der Waals surface area contributed by atoms with E-state index in [0.29, 0.717) is 6.04 Å². The van der Waals surface area contributed by atoms with E-state index < -0.39 is 0 Å². The molecule has 1 aromatic carbocycles. The van der Waals surface area contributed by atoms with Crippen LogP contribution in [0.2, 0.25) is 0 Å². The third kappa shape index (κ3) is 3.32. The SMILES string of the molecule is CSCC(C)N(C)c1ccc(C)cc1/C(N)=N/O. The van der Waals surface area contributed by atoms with Crippen molar-refractivity contribution in [3.63, 3.8) is 0 Å². The van der Waals surface area contributed by atoms with E-state index >= 15 is 0 Å². The highest BCUT2D eigenvalue weighted by atomic mass is 32.2. The summed E-state index contributed by atoms with van der Waals surface area (Å²) in [6, 6.07) is 6.37. The van der Waals surface area contributed by atoms with Crippen molar-refractivity contribution in [1.29, 1.82) is 0 Å². The number of aryl methyl sites for hydroxylation is 1. The second kappa shape index (κ2) is 6.54. The van der Waals surface area contributed by atoms with Crippen LogP contribution in [-0.2, 0) is 0 Å². The molecule has 0 saturated carbocycles. The lowest BCUT2D eigenvalue weighted by Crippen LogP contribution is -2.33. The third-order valence-electron chi connectivity index (χ3n) is 2.98. The summed E-state index contributed by atoms with van der Waals surface area (Å²) < 4.78 is 0. The maximum atomic E-state index is 8.87. The van der Waals surface area contributed by atoms with Crippen LogP contribution in [0.3, 0.4) is 0 Å². The summed E-state index contributed by atoms with van der Waals surface area (Å²) in [4.78, 5) is 2.16. The van der Waals surface area contributed by atoms with Crippen LogP contribution < -0.4 is 10.6 Å². The molecule has 0 bridgehead atoms. The summed E-state index contributed by atoms with van der Waals surface area (Å²) in [5.74, 6) is 1.18.